The molecule has 1 aliphatic carbocycles. The lowest BCUT2D eigenvalue weighted by Crippen LogP contribution is -2.71. The van der Waals surface area contributed by atoms with Gasteiger partial charge in [-0.1, -0.05) is 0 Å². The molecule has 0 bridgehead atoms. The fraction of sp³-hybridized carbons (Fsp3) is 0.929. The van der Waals surface area contributed by atoms with Crippen molar-refractivity contribution in [1.29, 1.82) is 0 Å². The van der Waals surface area contributed by atoms with Crippen LogP contribution >= 0.6 is 0 Å². The monoisotopic (exact) mass is 269 g/mol. The van der Waals surface area contributed by atoms with E-state index in [9.17, 15) is 4.79 Å². The van der Waals surface area contributed by atoms with Crippen LogP contribution in [-0.2, 0) is 14.2 Å². The van der Waals surface area contributed by atoms with Crippen molar-refractivity contribution < 1.29 is 19.0 Å². The molecule has 2 saturated heterocycles. The summed E-state index contributed by atoms with van der Waals surface area (Å²) in [5.74, 6) is -0.335. The fourth-order valence-corrected chi connectivity index (χ4v) is 3.35. The van der Waals surface area contributed by atoms with Crippen LogP contribution in [0.25, 0.3) is 0 Å². The van der Waals surface area contributed by atoms with Crippen molar-refractivity contribution in [1.82, 2.24) is 4.90 Å². The third-order valence-corrected chi connectivity index (χ3v) is 4.01. The summed E-state index contributed by atoms with van der Waals surface area (Å²) in [4.78, 5) is 13.7. The average molecular weight is 269 g/mol. The summed E-state index contributed by atoms with van der Waals surface area (Å²) in [6, 6.07) is 0. The smallest absolute Gasteiger partial charge is 0.410 e. The molecule has 3 aliphatic rings. The Morgan fingerprint density at radius 3 is 2.26 bits per heavy atom. The minimum Gasteiger partial charge on any atom is -0.444 e. The van der Waals surface area contributed by atoms with E-state index in [0.717, 1.165) is 45.6 Å². The lowest BCUT2D eigenvalue weighted by molar-refractivity contribution is -0.354. The Labute approximate surface area is 114 Å². The average Bonchev–Trinajstić information content (AvgIpc) is 2.20. The predicted molar refractivity (Wildman–Crippen MR) is 68.7 cm³/mol. The van der Waals surface area contributed by atoms with E-state index in [4.69, 9.17) is 14.2 Å². The van der Waals surface area contributed by atoms with E-state index in [1.807, 2.05) is 20.8 Å². The highest BCUT2D eigenvalue weighted by atomic mass is 16.7. The Hall–Kier alpha value is -0.810. The summed E-state index contributed by atoms with van der Waals surface area (Å²) in [6.07, 6.45) is 2.61. The number of hydrogen-bond acceptors (Lipinski definition) is 4. The maximum absolute atomic E-state index is 11.9. The Balaban J connectivity index is 1.47. The minimum atomic E-state index is -0.420. The van der Waals surface area contributed by atoms with Gasteiger partial charge in [-0.05, 0) is 27.2 Å². The second-order valence-corrected chi connectivity index (χ2v) is 7.15. The largest absolute Gasteiger partial charge is 0.444 e. The highest BCUT2D eigenvalue weighted by molar-refractivity contribution is 5.69. The van der Waals surface area contributed by atoms with Crippen molar-refractivity contribution in [2.24, 2.45) is 5.41 Å². The molecule has 0 radical (unpaired) electrons. The molecule has 5 nitrogen and oxygen atoms in total. The first-order valence-electron chi connectivity index (χ1n) is 7.08. The normalized spacial score (nSPS) is 27.8. The summed E-state index contributed by atoms with van der Waals surface area (Å²) in [5, 5.41) is 0. The van der Waals surface area contributed by atoms with Gasteiger partial charge in [0, 0.05) is 31.3 Å². The zero-order chi connectivity index (χ0) is 13.7. The van der Waals surface area contributed by atoms with Crippen LogP contribution < -0.4 is 0 Å². The number of rotatable bonds is 0. The molecular weight excluding hydrogens is 246 g/mol. The first-order valence-corrected chi connectivity index (χ1v) is 7.08. The number of likely N-dealkylation sites (tertiary alicyclic amines) is 1. The lowest BCUT2D eigenvalue weighted by atomic mass is 9.59. The molecule has 2 aliphatic heterocycles. The molecule has 1 amide bonds. The van der Waals surface area contributed by atoms with E-state index in [-0.39, 0.29) is 17.3 Å². The van der Waals surface area contributed by atoms with Gasteiger partial charge in [0.25, 0.3) is 0 Å². The second kappa shape index (κ2) is 4.09. The number of carbonyl (C=O) groups is 1. The van der Waals surface area contributed by atoms with Crippen LogP contribution in [0.2, 0.25) is 0 Å². The SMILES string of the molecule is CC(C)(C)OC(=O)N1CC2(C1)CC1(C2)OCCCO1. The molecule has 2 spiro atoms. The molecule has 0 aromatic heterocycles. The van der Waals surface area contributed by atoms with Gasteiger partial charge in [0.2, 0.25) is 0 Å². The summed E-state index contributed by atoms with van der Waals surface area (Å²) in [6.45, 7) is 8.82. The molecule has 108 valence electrons. The second-order valence-electron chi connectivity index (χ2n) is 7.15. The predicted octanol–water partition coefficient (Wildman–Crippen LogP) is 2.15. The van der Waals surface area contributed by atoms with Crippen molar-refractivity contribution in [3.63, 3.8) is 0 Å². The molecule has 0 aromatic rings. The molecule has 2 heterocycles. The van der Waals surface area contributed by atoms with Crippen LogP contribution in [0.3, 0.4) is 0 Å². The Morgan fingerprint density at radius 2 is 1.74 bits per heavy atom. The van der Waals surface area contributed by atoms with Gasteiger partial charge in [0.15, 0.2) is 5.79 Å². The van der Waals surface area contributed by atoms with Crippen molar-refractivity contribution >= 4 is 6.09 Å². The molecule has 19 heavy (non-hydrogen) atoms. The van der Waals surface area contributed by atoms with Crippen molar-refractivity contribution in [2.75, 3.05) is 26.3 Å². The summed E-state index contributed by atoms with van der Waals surface area (Å²) in [5.41, 5.74) is -0.204. The number of carbonyl (C=O) groups excluding carboxylic acids is 1. The van der Waals surface area contributed by atoms with E-state index in [0.29, 0.717) is 0 Å². The molecule has 1 saturated carbocycles. The standard InChI is InChI=1S/C14H23NO4/c1-12(2,3)19-11(16)15-9-13(10-15)7-14(8-13)17-5-4-6-18-14/h4-10H2,1-3H3. The van der Waals surface area contributed by atoms with Crippen LogP contribution in [0, 0.1) is 5.41 Å². The highest BCUT2D eigenvalue weighted by Crippen LogP contribution is 2.57. The van der Waals surface area contributed by atoms with Crippen LogP contribution in [0.1, 0.15) is 40.0 Å². The van der Waals surface area contributed by atoms with Gasteiger partial charge in [-0.25, -0.2) is 4.79 Å². The minimum absolute atomic E-state index is 0.204. The fourth-order valence-electron chi connectivity index (χ4n) is 3.35. The van der Waals surface area contributed by atoms with Crippen LogP contribution in [0.5, 0.6) is 0 Å². The molecule has 5 heteroatoms. The van der Waals surface area contributed by atoms with E-state index in [1.54, 1.807) is 4.90 Å². The van der Waals surface area contributed by atoms with Gasteiger partial charge in [-0.2, -0.15) is 0 Å². The van der Waals surface area contributed by atoms with Gasteiger partial charge >= 0.3 is 6.09 Å². The first-order chi connectivity index (χ1) is 8.82. The molecule has 0 N–H and O–H groups in total. The number of nitrogens with zero attached hydrogens (tertiary/aromatic N) is 1. The first kappa shape index (κ1) is 13.2. The van der Waals surface area contributed by atoms with Crippen molar-refractivity contribution in [2.45, 2.75) is 51.4 Å². The van der Waals surface area contributed by atoms with Gasteiger partial charge < -0.3 is 19.1 Å². The van der Waals surface area contributed by atoms with E-state index in [1.165, 1.54) is 0 Å². The number of ether oxygens (including phenoxy) is 3. The maximum atomic E-state index is 11.9. The molecule has 0 unspecified atom stereocenters. The maximum Gasteiger partial charge on any atom is 0.410 e. The number of amides is 1. The molecular formula is C14H23NO4. The van der Waals surface area contributed by atoms with Gasteiger partial charge in [0.1, 0.15) is 5.60 Å². The van der Waals surface area contributed by atoms with E-state index < -0.39 is 5.60 Å². The molecule has 3 rings (SSSR count). The van der Waals surface area contributed by atoms with Crippen molar-refractivity contribution in [3.8, 4) is 0 Å². The van der Waals surface area contributed by atoms with E-state index in [2.05, 4.69) is 0 Å². The Bertz CT molecular complexity index is 365. The summed E-state index contributed by atoms with van der Waals surface area (Å²) in [7, 11) is 0. The quantitative estimate of drug-likeness (QED) is 0.676. The number of hydrogen-bond donors (Lipinski definition) is 0. The van der Waals surface area contributed by atoms with Gasteiger partial charge in [0.05, 0.1) is 13.2 Å². The molecule has 3 fully saturated rings. The van der Waals surface area contributed by atoms with Gasteiger partial charge in [-0.3, -0.25) is 0 Å². The highest BCUT2D eigenvalue weighted by Gasteiger charge is 2.63. The van der Waals surface area contributed by atoms with Crippen molar-refractivity contribution in [3.05, 3.63) is 0 Å². The van der Waals surface area contributed by atoms with Crippen LogP contribution in [0.4, 0.5) is 4.79 Å². The zero-order valence-electron chi connectivity index (χ0n) is 12.0. The summed E-state index contributed by atoms with van der Waals surface area (Å²) >= 11 is 0. The topological polar surface area (TPSA) is 48.0 Å². The Morgan fingerprint density at radius 1 is 1.16 bits per heavy atom. The van der Waals surface area contributed by atoms with Crippen LogP contribution in [-0.4, -0.2) is 48.7 Å². The molecule has 0 atom stereocenters. The lowest BCUT2D eigenvalue weighted by Gasteiger charge is -2.63. The third-order valence-electron chi connectivity index (χ3n) is 4.01. The third kappa shape index (κ3) is 2.46. The molecule has 0 aromatic carbocycles. The van der Waals surface area contributed by atoms with Gasteiger partial charge in [-0.15, -0.1) is 0 Å². The van der Waals surface area contributed by atoms with E-state index >= 15 is 0 Å². The Kier molecular flexibility index (Phi) is 2.84. The summed E-state index contributed by atoms with van der Waals surface area (Å²) < 4.78 is 16.9. The van der Waals surface area contributed by atoms with Crippen LogP contribution in [0.15, 0.2) is 0 Å². The zero-order valence-corrected chi connectivity index (χ0v) is 12.0.